The lowest BCUT2D eigenvalue weighted by Crippen LogP contribution is -2.62. The predicted molar refractivity (Wildman–Crippen MR) is 114 cm³/mol. The van der Waals surface area contributed by atoms with Crippen LogP contribution >= 0.6 is 0 Å². The summed E-state index contributed by atoms with van der Waals surface area (Å²) in [7, 11) is -3.96. The van der Waals surface area contributed by atoms with Crippen LogP contribution < -0.4 is 16.8 Å². The highest BCUT2D eigenvalue weighted by Gasteiger charge is 2.56. The van der Waals surface area contributed by atoms with Crippen LogP contribution in [0.25, 0.3) is 6.08 Å². The fraction of sp³-hybridized carbons (Fsp3) is 0.211. The molecular weight excluding hydrogens is 440 g/mol. The molecule has 0 radical (unpaired) electrons. The molecule has 2 amide bonds. The number of carbonyl (C=O) groups is 3. The Morgan fingerprint density at radius 3 is 2.72 bits per heavy atom. The lowest BCUT2D eigenvalue weighted by molar-refractivity contribution is -0.141. The zero-order chi connectivity index (χ0) is 23.5. The highest BCUT2D eigenvalue weighted by molar-refractivity contribution is 7.92. The molecule has 2 aliphatic heterocycles. The molecule has 3 heterocycles. The van der Waals surface area contributed by atoms with Crippen molar-refractivity contribution in [2.24, 2.45) is 16.5 Å². The number of carboxylic acids is 1. The maximum Gasteiger partial charge on any atom is 0.352 e. The molecule has 0 spiro atoms. The first-order valence-electron chi connectivity index (χ1n) is 9.27. The Bertz CT molecular complexity index is 1180. The van der Waals surface area contributed by atoms with Crippen LogP contribution in [-0.2, 0) is 24.2 Å². The van der Waals surface area contributed by atoms with Crippen molar-refractivity contribution < 1.29 is 27.9 Å². The summed E-state index contributed by atoms with van der Waals surface area (Å²) >= 11 is 0. The van der Waals surface area contributed by atoms with E-state index in [4.69, 9.17) is 11.5 Å². The zero-order valence-corrected chi connectivity index (χ0v) is 17.4. The van der Waals surface area contributed by atoms with Crippen LogP contribution in [0.15, 0.2) is 58.4 Å². The molecule has 1 aromatic heterocycles. The molecule has 0 saturated carbocycles. The van der Waals surface area contributed by atoms with E-state index in [1.54, 1.807) is 18.2 Å². The van der Waals surface area contributed by atoms with E-state index in [0.717, 1.165) is 12.2 Å². The van der Waals surface area contributed by atoms with E-state index >= 15 is 0 Å². The molecule has 1 atom stereocenters. The highest BCUT2D eigenvalue weighted by atomic mass is 32.2. The van der Waals surface area contributed by atoms with Gasteiger partial charge in [-0.15, -0.1) is 0 Å². The number of sulfone groups is 1. The van der Waals surface area contributed by atoms with Gasteiger partial charge in [-0.3, -0.25) is 24.5 Å². The molecule has 12 nitrogen and oxygen atoms in total. The van der Waals surface area contributed by atoms with Crippen molar-refractivity contribution in [3.05, 3.63) is 59.1 Å². The SMILES string of the molecule is NC(N)=NCCNC(=O)/C=C/C1=C(C(=O)O)N2C(=O)/C(=C\c3ccccn3)[C@H]2S(=O)(=O)C1. The minimum atomic E-state index is -3.96. The maximum absolute atomic E-state index is 12.8. The molecule has 6 N–H and O–H groups in total. The van der Waals surface area contributed by atoms with E-state index < -0.39 is 44.4 Å². The molecule has 3 rings (SSSR count). The Balaban J connectivity index is 1.86. The molecule has 1 aromatic rings. The van der Waals surface area contributed by atoms with Gasteiger partial charge in [-0.25, -0.2) is 13.2 Å². The van der Waals surface area contributed by atoms with Crippen LogP contribution in [-0.4, -0.2) is 71.4 Å². The van der Waals surface area contributed by atoms with Crippen LogP contribution in [0.1, 0.15) is 5.69 Å². The topological polar surface area (TPSA) is 198 Å². The quantitative estimate of drug-likeness (QED) is 0.121. The number of β-lactam (4-membered cyclic amide) rings is 1. The number of carboxylic acid groups (broad SMARTS) is 1. The number of aliphatic carboxylic acids is 1. The molecule has 0 aromatic carbocycles. The van der Waals surface area contributed by atoms with Crippen LogP contribution in [0.3, 0.4) is 0 Å². The number of nitrogens with one attached hydrogen (secondary N) is 1. The maximum atomic E-state index is 12.8. The van der Waals surface area contributed by atoms with Crippen LogP contribution in [0.4, 0.5) is 0 Å². The molecule has 1 saturated heterocycles. The fourth-order valence-corrected chi connectivity index (χ4v) is 5.14. The molecule has 13 heteroatoms. The number of amides is 2. The zero-order valence-electron chi connectivity index (χ0n) is 16.6. The number of nitrogens with two attached hydrogens (primary N) is 2. The lowest BCUT2D eigenvalue weighted by atomic mass is 10.0. The van der Waals surface area contributed by atoms with E-state index in [1.165, 1.54) is 12.3 Å². The first kappa shape index (κ1) is 22.7. The van der Waals surface area contributed by atoms with Gasteiger partial charge in [0.2, 0.25) is 5.91 Å². The monoisotopic (exact) mass is 460 g/mol. The Labute approximate surface area is 182 Å². The number of pyridine rings is 1. The number of aromatic nitrogens is 1. The van der Waals surface area contributed by atoms with Crippen molar-refractivity contribution in [1.82, 2.24) is 15.2 Å². The standard InChI is InChI=1S/C19H20N6O6S/c20-19(21)24-8-7-23-14(26)5-4-11-10-32(30,31)17-13(9-12-3-1-2-6-22-12)16(27)25(17)15(11)18(28)29/h1-6,9,17H,7-8,10H2,(H,23,26)(H,28,29)(H4,20,21,24)/b5-4+,13-9+/t17-/m1/s1. The van der Waals surface area contributed by atoms with Gasteiger partial charge >= 0.3 is 5.97 Å². The molecule has 0 unspecified atom stereocenters. The molecular formula is C19H20N6O6S. The summed E-state index contributed by atoms with van der Waals surface area (Å²) in [4.78, 5) is 44.8. The van der Waals surface area contributed by atoms with Crippen molar-refractivity contribution in [3.8, 4) is 0 Å². The molecule has 0 bridgehead atoms. The Morgan fingerprint density at radius 1 is 1.34 bits per heavy atom. The van der Waals surface area contributed by atoms with Gasteiger partial charge in [0.05, 0.1) is 23.6 Å². The average molecular weight is 460 g/mol. The third-order valence-electron chi connectivity index (χ3n) is 4.54. The number of aliphatic imine (C=N–C) groups is 1. The Kier molecular flexibility index (Phi) is 6.39. The summed E-state index contributed by atoms with van der Waals surface area (Å²) in [5.74, 6) is -3.64. The number of allylic oxidation sites excluding steroid dienone is 1. The molecule has 32 heavy (non-hydrogen) atoms. The largest absolute Gasteiger partial charge is 0.477 e. The number of guanidine groups is 1. The van der Waals surface area contributed by atoms with Crippen LogP contribution in [0.2, 0.25) is 0 Å². The van der Waals surface area contributed by atoms with Gasteiger partial charge in [0.25, 0.3) is 5.91 Å². The number of hydrogen-bond donors (Lipinski definition) is 4. The molecule has 168 valence electrons. The van der Waals surface area contributed by atoms with Gasteiger partial charge in [-0.1, -0.05) is 12.1 Å². The van der Waals surface area contributed by atoms with Crippen LogP contribution in [0.5, 0.6) is 0 Å². The van der Waals surface area contributed by atoms with Gasteiger partial charge in [-0.05, 0) is 23.8 Å². The molecule has 0 aliphatic carbocycles. The fourth-order valence-electron chi connectivity index (χ4n) is 3.24. The third-order valence-corrected chi connectivity index (χ3v) is 6.40. The predicted octanol–water partition coefficient (Wildman–Crippen LogP) is -1.65. The number of nitrogens with zero attached hydrogens (tertiary/aromatic N) is 3. The average Bonchev–Trinajstić information content (AvgIpc) is 2.73. The van der Waals surface area contributed by atoms with Gasteiger partial charge in [0.15, 0.2) is 21.2 Å². The molecule has 2 aliphatic rings. The van der Waals surface area contributed by atoms with E-state index in [-0.39, 0.29) is 30.2 Å². The minimum absolute atomic E-state index is 0.0667. The van der Waals surface area contributed by atoms with E-state index in [1.807, 2.05) is 0 Å². The van der Waals surface area contributed by atoms with Crippen LogP contribution in [0, 0.1) is 0 Å². The van der Waals surface area contributed by atoms with Crippen molar-refractivity contribution in [2.45, 2.75) is 5.37 Å². The highest BCUT2D eigenvalue weighted by Crippen LogP contribution is 2.41. The summed E-state index contributed by atoms with van der Waals surface area (Å²) in [6.45, 7) is 0.243. The van der Waals surface area contributed by atoms with Crippen molar-refractivity contribution in [3.63, 3.8) is 0 Å². The van der Waals surface area contributed by atoms with E-state index in [2.05, 4.69) is 15.3 Å². The Hall–Kier alpha value is -4.00. The summed E-state index contributed by atoms with van der Waals surface area (Å²) in [6.07, 6.45) is 4.86. The van der Waals surface area contributed by atoms with Gasteiger partial charge in [-0.2, -0.15) is 0 Å². The third kappa shape index (κ3) is 4.67. The van der Waals surface area contributed by atoms with Gasteiger partial charge in [0.1, 0.15) is 5.70 Å². The second-order valence-electron chi connectivity index (χ2n) is 6.80. The Morgan fingerprint density at radius 2 is 2.09 bits per heavy atom. The molecule has 1 fully saturated rings. The summed E-state index contributed by atoms with van der Waals surface area (Å²) in [5, 5.41) is 10.7. The number of rotatable bonds is 7. The van der Waals surface area contributed by atoms with Crippen molar-refractivity contribution in [1.29, 1.82) is 0 Å². The second kappa shape index (κ2) is 9.01. The number of carbonyl (C=O) groups excluding carboxylic acids is 2. The van der Waals surface area contributed by atoms with Crippen molar-refractivity contribution in [2.75, 3.05) is 18.8 Å². The lowest BCUT2D eigenvalue weighted by Gasteiger charge is -2.45. The van der Waals surface area contributed by atoms with Gasteiger partial charge < -0.3 is 21.9 Å². The first-order valence-corrected chi connectivity index (χ1v) is 11.0. The smallest absolute Gasteiger partial charge is 0.352 e. The minimum Gasteiger partial charge on any atom is -0.477 e. The summed E-state index contributed by atoms with van der Waals surface area (Å²) < 4.78 is 25.7. The summed E-state index contributed by atoms with van der Waals surface area (Å²) in [6, 6.07) is 4.92. The number of hydrogen-bond acceptors (Lipinski definition) is 7. The van der Waals surface area contributed by atoms with Crippen molar-refractivity contribution >= 4 is 39.7 Å². The summed E-state index contributed by atoms with van der Waals surface area (Å²) in [5.41, 5.74) is 9.98. The number of fused-ring (bicyclic) bond motifs is 1. The van der Waals surface area contributed by atoms with E-state index in [9.17, 15) is 27.9 Å². The van der Waals surface area contributed by atoms with E-state index in [0.29, 0.717) is 10.6 Å². The first-order chi connectivity index (χ1) is 15.1. The normalized spacial score (nSPS) is 20.6. The van der Waals surface area contributed by atoms with Gasteiger partial charge in [0, 0.05) is 18.8 Å². The second-order valence-corrected chi connectivity index (χ2v) is 8.86.